The smallest absolute Gasteiger partial charge is 0.141 e. The molecule has 0 aliphatic carbocycles. The maximum Gasteiger partial charge on any atom is 0.141 e. The molecule has 42 heavy (non-hydrogen) atoms. The SMILES string of the molecule is CCN(CC)CC(O)Cn1ccc(-c2ccc3ncnc(Nc4ccc5c(cnn5Cc5cccc(F)c5)c4)c3c2)c1. The van der Waals surface area contributed by atoms with Crippen LogP contribution in [0.2, 0.25) is 0 Å². The number of halogens is 1. The normalized spacial score (nSPS) is 12.4. The fraction of sp³-hybridized carbons (Fsp3) is 0.242. The first-order valence-corrected chi connectivity index (χ1v) is 14.3. The summed E-state index contributed by atoms with van der Waals surface area (Å²) in [5, 5.41) is 20.4. The Labute approximate surface area is 244 Å². The number of hydrogen-bond acceptors (Lipinski definition) is 6. The van der Waals surface area contributed by atoms with Gasteiger partial charge in [0.1, 0.15) is 18.0 Å². The second-order valence-electron chi connectivity index (χ2n) is 10.5. The number of aliphatic hydroxyl groups excluding tert-OH is 1. The minimum atomic E-state index is -0.434. The summed E-state index contributed by atoms with van der Waals surface area (Å²) < 4.78 is 17.6. The van der Waals surface area contributed by atoms with Crippen LogP contribution in [-0.2, 0) is 13.1 Å². The van der Waals surface area contributed by atoms with Crippen molar-refractivity contribution in [1.29, 1.82) is 0 Å². The van der Waals surface area contributed by atoms with Gasteiger partial charge in [-0.1, -0.05) is 32.0 Å². The first-order chi connectivity index (χ1) is 20.5. The fourth-order valence-electron chi connectivity index (χ4n) is 5.38. The number of benzene rings is 3. The van der Waals surface area contributed by atoms with E-state index in [0.29, 0.717) is 25.5 Å². The number of fused-ring (bicyclic) bond motifs is 2. The van der Waals surface area contributed by atoms with Gasteiger partial charge in [0.15, 0.2) is 0 Å². The molecule has 3 heterocycles. The number of likely N-dealkylation sites (N-methyl/N-ethyl adjacent to an activating group) is 1. The van der Waals surface area contributed by atoms with Gasteiger partial charge in [0.25, 0.3) is 0 Å². The van der Waals surface area contributed by atoms with Gasteiger partial charge in [0.2, 0.25) is 0 Å². The van der Waals surface area contributed by atoms with Crippen LogP contribution in [0.3, 0.4) is 0 Å². The molecule has 6 rings (SSSR count). The molecule has 0 spiro atoms. The van der Waals surface area contributed by atoms with E-state index in [4.69, 9.17) is 0 Å². The minimum Gasteiger partial charge on any atom is -0.390 e. The number of aliphatic hydroxyl groups is 1. The van der Waals surface area contributed by atoms with E-state index in [-0.39, 0.29) is 5.82 Å². The Hall–Kier alpha value is -4.60. The van der Waals surface area contributed by atoms with Gasteiger partial charge in [-0.3, -0.25) is 4.68 Å². The number of nitrogens with one attached hydrogen (secondary N) is 1. The van der Waals surface area contributed by atoms with Crippen molar-refractivity contribution in [2.45, 2.75) is 33.0 Å². The lowest BCUT2D eigenvalue weighted by atomic mass is 10.1. The van der Waals surface area contributed by atoms with Gasteiger partial charge in [-0.25, -0.2) is 14.4 Å². The first-order valence-electron chi connectivity index (χ1n) is 14.3. The Bertz CT molecular complexity index is 1820. The van der Waals surface area contributed by atoms with E-state index < -0.39 is 6.10 Å². The summed E-state index contributed by atoms with van der Waals surface area (Å²) in [6.07, 6.45) is 7.03. The Balaban J connectivity index is 1.21. The monoisotopic (exact) mass is 563 g/mol. The van der Waals surface area contributed by atoms with Crippen LogP contribution in [0.5, 0.6) is 0 Å². The Kier molecular flexibility index (Phi) is 7.94. The highest BCUT2D eigenvalue weighted by atomic mass is 19.1. The summed E-state index contributed by atoms with van der Waals surface area (Å²) in [4.78, 5) is 11.3. The topological polar surface area (TPSA) is 84.0 Å². The largest absolute Gasteiger partial charge is 0.390 e. The van der Waals surface area contributed by atoms with E-state index in [1.54, 1.807) is 12.4 Å². The molecule has 0 aliphatic heterocycles. The van der Waals surface area contributed by atoms with Crippen molar-refractivity contribution in [3.8, 4) is 11.1 Å². The number of anilines is 2. The summed E-state index contributed by atoms with van der Waals surface area (Å²) in [7, 11) is 0. The van der Waals surface area contributed by atoms with Gasteiger partial charge in [0, 0.05) is 41.9 Å². The molecule has 0 aliphatic rings. The molecular formula is C33H34FN7O. The van der Waals surface area contributed by atoms with E-state index in [1.165, 1.54) is 12.1 Å². The van der Waals surface area contributed by atoms with E-state index in [9.17, 15) is 9.50 Å². The number of aromatic nitrogens is 5. The first kappa shape index (κ1) is 27.6. The van der Waals surface area contributed by atoms with Crippen LogP contribution in [0.1, 0.15) is 19.4 Å². The Morgan fingerprint density at radius 1 is 0.976 bits per heavy atom. The zero-order chi connectivity index (χ0) is 29.1. The average Bonchev–Trinajstić information content (AvgIpc) is 3.63. The molecular weight excluding hydrogens is 529 g/mol. The molecule has 6 aromatic rings. The van der Waals surface area contributed by atoms with Crippen molar-refractivity contribution in [1.82, 2.24) is 29.2 Å². The van der Waals surface area contributed by atoms with E-state index in [0.717, 1.165) is 57.3 Å². The lowest BCUT2D eigenvalue weighted by molar-refractivity contribution is 0.103. The molecule has 1 atom stereocenters. The molecule has 3 aromatic carbocycles. The van der Waals surface area contributed by atoms with Crippen molar-refractivity contribution < 1.29 is 9.50 Å². The summed E-state index contributed by atoms with van der Waals surface area (Å²) >= 11 is 0. The highest BCUT2D eigenvalue weighted by molar-refractivity contribution is 5.94. The predicted octanol–water partition coefficient (Wildman–Crippen LogP) is 6.08. The molecule has 3 aromatic heterocycles. The van der Waals surface area contributed by atoms with Gasteiger partial charge >= 0.3 is 0 Å². The quantitative estimate of drug-likeness (QED) is 0.199. The van der Waals surface area contributed by atoms with E-state index in [1.807, 2.05) is 52.0 Å². The molecule has 0 bridgehead atoms. The Morgan fingerprint density at radius 2 is 1.86 bits per heavy atom. The van der Waals surface area contributed by atoms with Crippen LogP contribution in [0, 0.1) is 5.82 Å². The Morgan fingerprint density at radius 3 is 2.69 bits per heavy atom. The third-order valence-electron chi connectivity index (χ3n) is 7.63. The minimum absolute atomic E-state index is 0.252. The van der Waals surface area contributed by atoms with E-state index >= 15 is 0 Å². The van der Waals surface area contributed by atoms with Gasteiger partial charge in [-0.05, 0) is 78.3 Å². The zero-order valence-corrected chi connectivity index (χ0v) is 23.8. The second-order valence-corrected chi connectivity index (χ2v) is 10.5. The van der Waals surface area contributed by atoms with E-state index in [2.05, 4.69) is 63.5 Å². The molecule has 9 heteroatoms. The summed E-state index contributed by atoms with van der Waals surface area (Å²) in [6, 6.07) is 20.8. The number of nitrogens with zero attached hydrogens (tertiary/aromatic N) is 6. The number of rotatable bonds is 11. The van der Waals surface area contributed by atoms with Crippen LogP contribution < -0.4 is 5.32 Å². The van der Waals surface area contributed by atoms with Gasteiger partial charge in [-0.2, -0.15) is 5.10 Å². The molecule has 8 nitrogen and oxygen atoms in total. The second kappa shape index (κ2) is 12.1. The van der Waals surface area contributed by atoms with Crippen molar-refractivity contribution in [3.63, 3.8) is 0 Å². The van der Waals surface area contributed by atoms with Gasteiger partial charge in [-0.15, -0.1) is 0 Å². The third kappa shape index (κ3) is 6.02. The van der Waals surface area contributed by atoms with Crippen LogP contribution in [0.25, 0.3) is 32.9 Å². The molecule has 2 N–H and O–H groups in total. The van der Waals surface area contributed by atoms with Crippen molar-refractivity contribution in [2.24, 2.45) is 0 Å². The molecule has 0 saturated carbocycles. The molecule has 1 unspecified atom stereocenters. The van der Waals surface area contributed by atoms with Crippen LogP contribution in [0.15, 0.2) is 91.6 Å². The molecule has 0 amide bonds. The fourth-order valence-corrected chi connectivity index (χ4v) is 5.38. The molecule has 0 saturated heterocycles. The van der Waals surface area contributed by atoms with Crippen LogP contribution in [0.4, 0.5) is 15.9 Å². The summed E-state index contributed by atoms with van der Waals surface area (Å²) in [5.74, 6) is 0.459. The maximum absolute atomic E-state index is 13.6. The van der Waals surface area contributed by atoms with Crippen LogP contribution in [-0.4, -0.2) is 60.1 Å². The molecule has 0 radical (unpaired) electrons. The highest BCUT2D eigenvalue weighted by Gasteiger charge is 2.12. The molecule has 0 fully saturated rings. The van der Waals surface area contributed by atoms with Crippen molar-refractivity contribution >= 4 is 33.3 Å². The van der Waals surface area contributed by atoms with Crippen molar-refractivity contribution in [2.75, 3.05) is 25.0 Å². The maximum atomic E-state index is 13.6. The lowest BCUT2D eigenvalue weighted by Crippen LogP contribution is -2.34. The highest BCUT2D eigenvalue weighted by Crippen LogP contribution is 2.30. The van der Waals surface area contributed by atoms with Crippen molar-refractivity contribution in [3.05, 3.63) is 103 Å². The zero-order valence-electron chi connectivity index (χ0n) is 23.8. The van der Waals surface area contributed by atoms with Gasteiger partial charge < -0.3 is 19.9 Å². The summed E-state index contributed by atoms with van der Waals surface area (Å²) in [6.45, 7) is 7.76. The lowest BCUT2D eigenvalue weighted by Gasteiger charge is -2.22. The molecule has 214 valence electrons. The third-order valence-corrected chi connectivity index (χ3v) is 7.63. The standard InChI is InChI=1S/C33H34FN7O/c1-3-39(4-2)20-29(42)21-40-13-12-25(19-40)24-8-10-31-30(16-24)33(36-22-35-31)38-28-9-11-32-26(15-28)17-37-41(32)18-23-6-5-7-27(34)14-23/h5-17,19,22,29,42H,3-4,18,20-21H2,1-2H3,(H,35,36,38). The predicted molar refractivity (Wildman–Crippen MR) is 165 cm³/mol. The van der Waals surface area contributed by atoms with Crippen LogP contribution >= 0.6 is 0 Å². The van der Waals surface area contributed by atoms with Gasteiger partial charge in [0.05, 0.1) is 29.9 Å². The number of hydrogen-bond donors (Lipinski definition) is 2. The average molecular weight is 564 g/mol. The summed E-state index contributed by atoms with van der Waals surface area (Å²) in [5.41, 5.74) is 5.66.